The molecule has 1 fully saturated rings. The molecule has 152 valence electrons. The fraction of sp³-hybridized carbons (Fsp3) is 0.429. The number of benzene rings is 2. The van der Waals surface area contributed by atoms with Crippen molar-refractivity contribution in [3.8, 4) is 5.75 Å². The molecule has 7 nitrogen and oxygen atoms in total. The number of ether oxygens (including phenoxy) is 4. The van der Waals surface area contributed by atoms with Crippen LogP contribution in [0.4, 0.5) is 0 Å². The molecule has 3 rings (SSSR count). The van der Waals surface area contributed by atoms with Crippen molar-refractivity contribution in [3.63, 3.8) is 0 Å². The average molecular weight is 391 g/mol. The zero-order chi connectivity index (χ0) is 20.8. The summed E-state index contributed by atoms with van der Waals surface area (Å²) in [6, 6.07) is 16.1. The molecule has 1 aliphatic heterocycles. The predicted octanol–water partition coefficient (Wildman–Crippen LogP) is 1.24. The van der Waals surface area contributed by atoms with E-state index in [2.05, 4.69) is 0 Å². The molecule has 0 bridgehead atoms. The molecule has 0 radical (unpaired) electrons. The minimum absolute atomic E-state index is 0.173. The number of hydrogen-bond donors (Lipinski definition) is 3. The van der Waals surface area contributed by atoms with Gasteiger partial charge in [-0.25, -0.2) is 0 Å². The minimum atomic E-state index is -1.34. The van der Waals surface area contributed by atoms with Crippen molar-refractivity contribution in [2.75, 3.05) is 13.7 Å². The van der Waals surface area contributed by atoms with Crippen LogP contribution in [0.3, 0.4) is 0 Å². The minimum Gasteiger partial charge on any atom is -0.497 e. The summed E-state index contributed by atoms with van der Waals surface area (Å²) in [5.74, 6) is 0.641. The molecular formula is C21H26O7. The fourth-order valence-corrected chi connectivity index (χ4v) is 2.94. The third-order valence-corrected chi connectivity index (χ3v) is 4.56. The lowest BCUT2D eigenvalue weighted by molar-refractivity contribution is -0.312. The summed E-state index contributed by atoms with van der Waals surface area (Å²) in [5, 5.41) is 30.6. The van der Waals surface area contributed by atoms with Gasteiger partial charge < -0.3 is 34.3 Å². The maximum Gasteiger partial charge on any atom is 0.187 e. The van der Waals surface area contributed by atoms with Crippen LogP contribution in [-0.4, -0.2) is 59.7 Å². The molecule has 6 atom stereocenters. The Bertz CT molecular complexity index is 742. The second kappa shape index (κ2) is 9.97. The van der Waals surface area contributed by atoms with Gasteiger partial charge in [0.15, 0.2) is 6.29 Å². The number of rotatable bonds is 8. The van der Waals surface area contributed by atoms with Crippen molar-refractivity contribution < 1.29 is 35.6 Å². The molecule has 2 unspecified atom stereocenters. The van der Waals surface area contributed by atoms with E-state index in [1.54, 1.807) is 31.4 Å². The van der Waals surface area contributed by atoms with Crippen LogP contribution in [0.2, 0.25) is 0 Å². The first-order valence-electron chi connectivity index (χ1n) is 9.61. The van der Waals surface area contributed by atoms with Crippen molar-refractivity contribution in [2.24, 2.45) is 0 Å². The Hall–Kier alpha value is -2.00. The van der Waals surface area contributed by atoms with Crippen LogP contribution >= 0.6 is 0 Å². The molecule has 0 aliphatic carbocycles. The van der Waals surface area contributed by atoms with Gasteiger partial charge in [-0.2, -0.15) is 0 Å². The molecular weight excluding hydrogens is 364 g/mol. The highest BCUT2D eigenvalue weighted by Gasteiger charge is 2.45. The smallest absolute Gasteiger partial charge is 0.187 e. The molecule has 1 saturated heterocycles. The maximum atomic E-state index is 10.6. The van der Waals surface area contributed by atoms with Gasteiger partial charge in [-0.1, -0.05) is 42.5 Å². The Labute approximate surface area is 165 Å². The van der Waals surface area contributed by atoms with Crippen molar-refractivity contribution in [2.45, 2.75) is 43.9 Å². The van der Waals surface area contributed by atoms with Crippen molar-refractivity contribution in [1.82, 2.24) is 0 Å². The quantitative estimate of drug-likeness (QED) is 0.623. The highest BCUT2D eigenvalue weighted by atomic mass is 16.7. The Balaban J connectivity index is 1.68. The van der Waals surface area contributed by atoms with E-state index in [0.29, 0.717) is 11.3 Å². The molecule has 28 heavy (non-hydrogen) atoms. The molecule has 0 saturated carbocycles. The SMILES string of the molecule is [2H]C(O[C@H]1[C@H](O)[C@@H](CO)OC(OCc2ccccc2)[C@@H]1O)c1ccc(OC)cc1. The summed E-state index contributed by atoms with van der Waals surface area (Å²) in [5.41, 5.74) is 1.41. The number of hydrogen-bond acceptors (Lipinski definition) is 7. The summed E-state index contributed by atoms with van der Waals surface area (Å²) in [6.45, 7) is -1.47. The van der Waals surface area contributed by atoms with Crippen LogP contribution in [0.15, 0.2) is 54.6 Å². The molecule has 0 amide bonds. The van der Waals surface area contributed by atoms with Crippen molar-refractivity contribution >= 4 is 0 Å². The Morgan fingerprint density at radius 1 is 0.964 bits per heavy atom. The van der Waals surface area contributed by atoms with E-state index < -0.39 is 43.9 Å². The summed E-state index contributed by atoms with van der Waals surface area (Å²) in [4.78, 5) is 0. The molecule has 1 aliphatic rings. The van der Waals surface area contributed by atoms with Crippen LogP contribution in [0.25, 0.3) is 0 Å². The Morgan fingerprint density at radius 3 is 2.32 bits per heavy atom. The molecule has 0 spiro atoms. The second-order valence-electron chi connectivity index (χ2n) is 6.49. The third-order valence-electron chi connectivity index (χ3n) is 4.56. The van der Waals surface area contributed by atoms with Gasteiger partial charge in [0.05, 0.1) is 28.3 Å². The maximum absolute atomic E-state index is 10.6. The summed E-state index contributed by atoms with van der Waals surface area (Å²) in [7, 11) is 1.54. The second-order valence-corrected chi connectivity index (χ2v) is 6.49. The summed E-state index contributed by atoms with van der Waals surface area (Å²) >= 11 is 0. The molecule has 2 aromatic rings. The van der Waals surface area contributed by atoms with Gasteiger partial charge in [0.25, 0.3) is 0 Å². The summed E-state index contributed by atoms with van der Waals surface area (Å²) in [6.07, 6.45) is -5.97. The monoisotopic (exact) mass is 391 g/mol. The first-order valence-corrected chi connectivity index (χ1v) is 9.03. The summed E-state index contributed by atoms with van der Waals surface area (Å²) < 4.78 is 30.2. The van der Waals surface area contributed by atoms with E-state index >= 15 is 0 Å². The highest BCUT2D eigenvalue weighted by Crippen LogP contribution is 2.26. The van der Waals surface area contributed by atoms with Gasteiger partial charge >= 0.3 is 0 Å². The van der Waals surface area contributed by atoms with E-state index in [0.717, 1.165) is 5.56 Å². The topological polar surface area (TPSA) is 97.6 Å². The van der Waals surface area contributed by atoms with Crippen molar-refractivity contribution in [1.29, 1.82) is 0 Å². The van der Waals surface area contributed by atoms with Gasteiger partial charge in [0.2, 0.25) is 0 Å². The van der Waals surface area contributed by atoms with Gasteiger partial charge in [0, 0.05) is 0 Å². The fourth-order valence-electron chi connectivity index (χ4n) is 2.94. The number of methoxy groups -OCH3 is 1. The van der Waals surface area contributed by atoms with Gasteiger partial charge in [-0.3, -0.25) is 0 Å². The lowest BCUT2D eigenvalue weighted by Gasteiger charge is -2.41. The molecule has 3 N–H and O–H groups in total. The normalized spacial score (nSPS) is 29.1. The lowest BCUT2D eigenvalue weighted by atomic mass is 9.99. The first-order chi connectivity index (χ1) is 14.0. The molecule has 1 heterocycles. The van der Waals surface area contributed by atoms with E-state index in [1.165, 1.54) is 0 Å². The first kappa shape index (κ1) is 19.3. The largest absolute Gasteiger partial charge is 0.497 e. The van der Waals surface area contributed by atoms with E-state index in [1.807, 2.05) is 30.3 Å². The molecule has 2 aromatic carbocycles. The zero-order valence-corrected chi connectivity index (χ0v) is 15.5. The van der Waals surface area contributed by atoms with Crippen LogP contribution in [-0.2, 0) is 27.4 Å². The van der Waals surface area contributed by atoms with Crippen LogP contribution in [0.5, 0.6) is 5.75 Å². The van der Waals surface area contributed by atoms with E-state index in [-0.39, 0.29) is 6.61 Å². The van der Waals surface area contributed by atoms with Crippen LogP contribution in [0, 0.1) is 0 Å². The molecule has 7 heteroatoms. The number of aliphatic hydroxyl groups excluding tert-OH is 3. The van der Waals surface area contributed by atoms with Gasteiger partial charge in [0.1, 0.15) is 30.2 Å². The van der Waals surface area contributed by atoms with Crippen LogP contribution < -0.4 is 4.74 Å². The van der Waals surface area contributed by atoms with Gasteiger partial charge in [-0.05, 0) is 23.3 Å². The Kier molecular flexibility index (Phi) is 6.88. The van der Waals surface area contributed by atoms with E-state index in [9.17, 15) is 15.3 Å². The van der Waals surface area contributed by atoms with Crippen LogP contribution in [0.1, 0.15) is 12.5 Å². The highest BCUT2D eigenvalue weighted by molar-refractivity contribution is 5.26. The molecule has 0 aromatic heterocycles. The zero-order valence-electron chi connectivity index (χ0n) is 16.5. The Morgan fingerprint density at radius 2 is 1.68 bits per heavy atom. The van der Waals surface area contributed by atoms with Gasteiger partial charge in [-0.15, -0.1) is 0 Å². The third kappa shape index (κ3) is 5.08. The predicted molar refractivity (Wildman–Crippen MR) is 101 cm³/mol. The lowest BCUT2D eigenvalue weighted by Crippen LogP contribution is -2.60. The standard InChI is InChI=1S/C21H26O7/c1-25-16-9-7-15(8-10-16)12-26-20-18(23)17(11-22)28-21(19(20)24)27-13-14-5-3-2-4-6-14/h2-10,17-24H,11-13H2,1H3/t17-,18-,19-,20+,21?/m1/s1/i12D/t12?,17-,18-,19-,20+,21?. The average Bonchev–Trinajstić information content (AvgIpc) is 2.76. The number of aliphatic hydroxyl groups is 3. The van der Waals surface area contributed by atoms with Crippen molar-refractivity contribution in [3.05, 3.63) is 65.7 Å². The van der Waals surface area contributed by atoms with E-state index in [4.69, 9.17) is 20.3 Å².